The quantitative estimate of drug-likeness (QED) is 0.697. The Labute approximate surface area is 100 Å². The lowest BCUT2D eigenvalue weighted by Crippen LogP contribution is -2.33. The van der Waals surface area contributed by atoms with Gasteiger partial charge in [0.2, 0.25) is 0 Å². The maximum absolute atomic E-state index is 12.7. The van der Waals surface area contributed by atoms with Crippen LogP contribution in [0.15, 0.2) is 35.6 Å². The zero-order chi connectivity index (χ0) is 13.7. The molecule has 17 heavy (non-hydrogen) atoms. The van der Waals surface area contributed by atoms with Gasteiger partial charge >= 0.3 is 6.18 Å². The molecule has 0 radical (unpaired) electrons. The first-order valence-corrected chi connectivity index (χ1v) is 5.59. The van der Waals surface area contributed by atoms with Crippen LogP contribution >= 0.6 is 0 Å². The van der Waals surface area contributed by atoms with E-state index in [9.17, 15) is 13.2 Å². The molecule has 0 atom stereocenters. The van der Waals surface area contributed by atoms with Gasteiger partial charge in [0, 0.05) is 6.42 Å². The van der Waals surface area contributed by atoms with Crippen LogP contribution in [0.2, 0.25) is 0 Å². The second-order valence-electron chi connectivity index (χ2n) is 4.01. The molecule has 0 heterocycles. The van der Waals surface area contributed by atoms with Crippen molar-refractivity contribution in [3.05, 3.63) is 35.6 Å². The van der Waals surface area contributed by atoms with Crippen LogP contribution in [0.3, 0.4) is 0 Å². The van der Waals surface area contributed by atoms with Crippen LogP contribution < -0.4 is 0 Å². The molecule has 0 aromatic carbocycles. The van der Waals surface area contributed by atoms with E-state index < -0.39 is 11.6 Å². The van der Waals surface area contributed by atoms with Crippen LogP contribution in [-0.4, -0.2) is 11.3 Å². The highest BCUT2D eigenvalue weighted by atomic mass is 19.4. The highest BCUT2D eigenvalue weighted by Gasteiger charge is 2.48. The summed E-state index contributed by atoms with van der Waals surface area (Å²) in [5.74, 6) is 0.0687. The summed E-state index contributed by atoms with van der Waals surface area (Å²) < 4.78 is 38.1. The van der Waals surface area contributed by atoms with Crippen LogP contribution in [0.4, 0.5) is 13.2 Å². The number of aliphatic hydroxyl groups excluding tert-OH is 1. The fourth-order valence-corrected chi connectivity index (χ4v) is 1.20. The molecule has 0 aromatic heterocycles. The molecule has 0 amide bonds. The Bertz CT molecular complexity index is 333. The topological polar surface area (TPSA) is 20.2 Å². The van der Waals surface area contributed by atoms with Crippen molar-refractivity contribution in [1.29, 1.82) is 0 Å². The van der Waals surface area contributed by atoms with E-state index in [0.29, 0.717) is 0 Å². The molecular weight excluding hydrogens is 229 g/mol. The fraction of sp³-hybridized carbons (Fsp3) is 0.538. The lowest BCUT2D eigenvalue weighted by Gasteiger charge is -2.28. The lowest BCUT2D eigenvalue weighted by molar-refractivity contribution is -0.196. The number of hydrogen-bond donors (Lipinski definition) is 1. The molecule has 0 aromatic rings. The zero-order valence-corrected chi connectivity index (χ0v) is 10.6. The van der Waals surface area contributed by atoms with Crippen LogP contribution in [0.1, 0.15) is 34.1 Å². The highest BCUT2D eigenvalue weighted by Crippen LogP contribution is 2.44. The van der Waals surface area contributed by atoms with Crippen molar-refractivity contribution in [2.75, 3.05) is 0 Å². The van der Waals surface area contributed by atoms with Gasteiger partial charge in [-0.2, -0.15) is 13.2 Å². The second kappa shape index (κ2) is 5.94. The average molecular weight is 248 g/mol. The van der Waals surface area contributed by atoms with Gasteiger partial charge in [0.15, 0.2) is 0 Å². The van der Waals surface area contributed by atoms with Gasteiger partial charge in [-0.15, -0.1) is 0 Å². The van der Waals surface area contributed by atoms with E-state index in [1.807, 2.05) is 13.8 Å². The first kappa shape index (κ1) is 15.8. The van der Waals surface area contributed by atoms with E-state index in [1.54, 1.807) is 0 Å². The van der Waals surface area contributed by atoms with Crippen LogP contribution in [-0.2, 0) is 0 Å². The number of halogens is 3. The summed E-state index contributed by atoms with van der Waals surface area (Å²) >= 11 is 0. The highest BCUT2D eigenvalue weighted by molar-refractivity contribution is 5.34. The van der Waals surface area contributed by atoms with E-state index >= 15 is 0 Å². The van der Waals surface area contributed by atoms with Gasteiger partial charge in [0.05, 0.1) is 11.2 Å². The SMILES string of the molecule is CC.CC(C)(C1=CC=C(O)CC=C1)C(F)(F)F. The van der Waals surface area contributed by atoms with Crippen molar-refractivity contribution in [3.8, 4) is 0 Å². The van der Waals surface area contributed by atoms with E-state index in [4.69, 9.17) is 5.11 Å². The second-order valence-corrected chi connectivity index (χ2v) is 4.01. The predicted octanol–water partition coefficient (Wildman–Crippen LogP) is 4.93. The maximum atomic E-state index is 12.7. The first-order chi connectivity index (χ1) is 7.75. The molecule has 1 rings (SSSR count). The summed E-state index contributed by atoms with van der Waals surface area (Å²) in [5, 5.41) is 9.16. The Morgan fingerprint density at radius 1 is 1.12 bits per heavy atom. The number of alkyl halides is 3. The van der Waals surface area contributed by atoms with Gasteiger partial charge in [0.1, 0.15) is 0 Å². The fourth-order valence-electron chi connectivity index (χ4n) is 1.20. The smallest absolute Gasteiger partial charge is 0.397 e. The maximum Gasteiger partial charge on any atom is 0.397 e. The van der Waals surface area contributed by atoms with Gasteiger partial charge in [-0.05, 0) is 25.5 Å². The van der Waals surface area contributed by atoms with Crippen molar-refractivity contribution in [3.63, 3.8) is 0 Å². The summed E-state index contributed by atoms with van der Waals surface area (Å²) in [6, 6.07) is 0. The van der Waals surface area contributed by atoms with Crippen molar-refractivity contribution < 1.29 is 18.3 Å². The molecule has 0 saturated carbocycles. The number of aliphatic hydroxyl groups is 1. The molecule has 1 aliphatic carbocycles. The molecule has 0 bridgehead atoms. The van der Waals surface area contributed by atoms with Crippen LogP contribution in [0.25, 0.3) is 0 Å². The van der Waals surface area contributed by atoms with Gasteiger partial charge in [-0.1, -0.05) is 32.1 Å². The summed E-state index contributed by atoms with van der Waals surface area (Å²) in [4.78, 5) is 0. The third-order valence-electron chi connectivity index (χ3n) is 2.51. The zero-order valence-electron chi connectivity index (χ0n) is 10.6. The Morgan fingerprint density at radius 2 is 1.65 bits per heavy atom. The Kier molecular flexibility index (Phi) is 5.52. The van der Waals surface area contributed by atoms with E-state index in [2.05, 4.69) is 0 Å². The molecule has 1 nitrogen and oxygen atoms in total. The molecule has 98 valence electrons. The largest absolute Gasteiger partial charge is 0.512 e. The monoisotopic (exact) mass is 248 g/mol. The molecule has 0 aliphatic heterocycles. The molecule has 0 spiro atoms. The van der Waals surface area contributed by atoms with Gasteiger partial charge in [0.25, 0.3) is 0 Å². The minimum Gasteiger partial charge on any atom is -0.512 e. The van der Waals surface area contributed by atoms with Crippen molar-refractivity contribution in [2.24, 2.45) is 5.41 Å². The molecule has 4 heteroatoms. The van der Waals surface area contributed by atoms with E-state index in [-0.39, 0.29) is 17.8 Å². The standard InChI is InChI=1S/C11H13F3O.C2H6/c1-10(2,11(12,13)14)8-4-3-5-9(15)7-6-8;1-2/h3-4,6-7,15H,5H2,1-2H3;1-2H3. The third kappa shape index (κ3) is 3.95. The first-order valence-electron chi connectivity index (χ1n) is 5.59. The molecule has 0 unspecified atom stereocenters. The molecular formula is C13H19F3O. The molecule has 0 fully saturated rings. The van der Waals surface area contributed by atoms with E-state index in [1.165, 1.54) is 24.3 Å². The summed E-state index contributed by atoms with van der Waals surface area (Å²) in [7, 11) is 0. The lowest BCUT2D eigenvalue weighted by atomic mass is 9.83. The normalized spacial score (nSPS) is 16.4. The Balaban J connectivity index is 0.00000121. The van der Waals surface area contributed by atoms with Crippen molar-refractivity contribution >= 4 is 0 Å². The molecule has 1 aliphatic rings. The number of hydrogen-bond acceptors (Lipinski definition) is 1. The minimum atomic E-state index is -4.29. The van der Waals surface area contributed by atoms with Crippen LogP contribution in [0, 0.1) is 5.41 Å². The van der Waals surface area contributed by atoms with Gasteiger partial charge < -0.3 is 5.11 Å². The third-order valence-corrected chi connectivity index (χ3v) is 2.51. The number of rotatable bonds is 1. The minimum absolute atomic E-state index is 0.0687. The van der Waals surface area contributed by atoms with E-state index in [0.717, 1.165) is 13.8 Å². The van der Waals surface area contributed by atoms with Crippen molar-refractivity contribution in [2.45, 2.75) is 40.3 Å². The van der Waals surface area contributed by atoms with Crippen molar-refractivity contribution in [1.82, 2.24) is 0 Å². The van der Waals surface area contributed by atoms with Crippen LogP contribution in [0.5, 0.6) is 0 Å². The summed E-state index contributed by atoms with van der Waals surface area (Å²) in [5.41, 5.74) is -1.75. The number of allylic oxidation sites excluding steroid dienone is 5. The Morgan fingerprint density at radius 3 is 2.12 bits per heavy atom. The molecule has 0 saturated heterocycles. The van der Waals surface area contributed by atoms with Gasteiger partial charge in [-0.25, -0.2) is 0 Å². The van der Waals surface area contributed by atoms with Gasteiger partial charge in [-0.3, -0.25) is 0 Å². The predicted molar refractivity (Wildman–Crippen MR) is 63.7 cm³/mol. The summed E-state index contributed by atoms with van der Waals surface area (Å²) in [6.45, 7) is 6.25. The molecule has 1 N–H and O–H groups in total. The summed E-state index contributed by atoms with van der Waals surface area (Å²) in [6.07, 6.45) is 1.53. The Hall–Kier alpha value is -1.19. The average Bonchev–Trinajstić information content (AvgIpc) is 2.44.